The van der Waals surface area contributed by atoms with E-state index in [2.05, 4.69) is 35.7 Å². The summed E-state index contributed by atoms with van der Waals surface area (Å²) < 4.78 is 39.1. The largest absolute Gasteiger partial charge is 0.416 e. The van der Waals surface area contributed by atoms with Gasteiger partial charge in [0.1, 0.15) is 11.7 Å². The highest BCUT2D eigenvalue weighted by molar-refractivity contribution is 6.06. The molecule has 0 radical (unpaired) electrons. The molecule has 3 rings (SSSR count). The Hall–Kier alpha value is -3.88. The van der Waals surface area contributed by atoms with Gasteiger partial charge in [0.25, 0.3) is 5.91 Å². The van der Waals surface area contributed by atoms with Gasteiger partial charge in [-0.25, -0.2) is 9.98 Å². The number of benzene rings is 1. The van der Waals surface area contributed by atoms with Crippen LogP contribution in [-0.4, -0.2) is 21.6 Å². The van der Waals surface area contributed by atoms with Crippen molar-refractivity contribution in [3.05, 3.63) is 89.7 Å². The van der Waals surface area contributed by atoms with Gasteiger partial charge in [-0.05, 0) is 59.7 Å². The van der Waals surface area contributed by atoms with Crippen LogP contribution in [0.3, 0.4) is 0 Å². The highest BCUT2D eigenvalue weighted by Gasteiger charge is 2.31. The number of carbonyl (C=O) groups excluding carboxylic acids is 1. The Morgan fingerprint density at radius 2 is 2.00 bits per heavy atom. The van der Waals surface area contributed by atoms with Gasteiger partial charge in [-0.2, -0.15) is 13.2 Å². The lowest BCUT2D eigenvalue weighted by Gasteiger charge is -2.29. The molecule has 9 heteroatoms. The van der Waals surface area contributed by atoms with Crippen LogP contribution in [0.4, 0.5) is 19.0 Å². The summed E-state index contributed by atoms with van der Waals surface area (Å²) in [5.74, 6) is -0.226. The molecule has 1 amide bonds. The molecule has 6 nitrogen and oxygen atoms in total. The number of aryl methyl sites for hydroxylation is 1. The topological polar surface area (TPSA) is 83.6 Å². The van der Waals surface area contributed by atoms with Crippen molar-refractivity contribution < 1.29 is 18.0 Å². The molecule has 3 N–H and O–H groups in total. The number of aromatic nitrogens is 1. The molecule has 190 valence electrons. The maximum absolute atomic E-state index is 13.0. The number of anilines is 1. The van der Waals surface area contributed by atoms with E-state index in [1.807, 2.05) is 17.9 Å². The Morgan fingerprint density at radius 1 is 1.25 bits per heavy atom. The Balaban J connectivity index is 2.06. The fraction of sp³-hybridized carbons (Fsp3) is 0.296. The SMILES string of the molecule is C=CN1C=CN=C(N)/C1=C(\c1ccc(C(=O)Nc2cc(C(F)(F)F)ccn2)cc1CCC)C(C)CC. The number of hydrogen-bond donors (Lipinski definition) is 2. The van der Waals surface area contributed by atoms with Crippen LogP contribution < -0.4 is 11.1 Å². The van der Waals surface area contributed by atoms with Crippen LogP contribution in [0.2, 0.25) is 0 Å². The van der Waals surface area contributed by atoms with E-state index in [0.29, 0.717) is 17.8 Å². The van der Waals surface area contributed by atoms with Gasteiger partial charge < -0.3 is 16.0 Å². The zero-order valence-corrected chi connectivity index (χ0v) is 20.6. The molecule has 0 bridgehead atoms. The number of nitrogens with two attached hydrogens (primary N) is 1. The van der Waals surface area contributed by atoms with Crippen molar-refractivity contribution in [1.29, 1.82) is 0 Å². The van der Waals surface area contributed by atoms with Crippen LogP contribution in [-0.2, 0) is 12.6 Å². The second-order valence-electron chi connectivity index (χ2n) is 8.48. The third kappa shape index (κ3) is 5.84. The van der Waals surface area contributed by atoms with Gasteiger partial charge in [0.05, 0.1) is 11.3 Å². The number of rotatable bonds is 8. The summed E-state index contributed by atoms with van der Waals surface area (Å²) in [6.07, 6.45) is 3.90. The number of amides is 1. The molecule has 1 aliphatic heterocycles. The number of halogens is 3. The summed E-state index contributed by atoms with van der Waals surface area (Å²) in [6, 6.07) is 6.96. The van der Waals surface area contributed by atoms with Crippen molar-refractivity contribution in [2.45, 2.75) is 46.2 Å². The van der Waals surface area contributed by atoms with E-state index < -0.39 is 17.6 Å². The molecule has 1 aromatic heterocycles. The predicted octanol–water partition coefficient (Wildman–Crippen LogP) is 6.35. The number of carbonyl (C=O) groups is 1. The van der Waals surface area contributed by atoms with Gasteiger partial charge in [-0.1, -0.05) is 39.8 Å². The van der Waals surface area contributed by atoms with Crippen LogP contribution in [0.15, 0.2) is 72.4 Å². The fourth-order valence-electron chi connectivity index (χ4n) is 4.05. The van der Waals surface area contributed by atoms with Gasteiger partial charge in [0.2, 0.25) is 0 Å². The van der Waals surface area contributed by atoms with Crippen molar-refractivity contribution in [2.75, 3.05) is 5.32 Å². The molecule has 0 saturated heterocycles. The van der Waals surface area contributed by atoms with Crippen molar-refractivity contribution >= 4 is 23.1 Å². The zero-order chi connectivity index (χ0) is 26.5. The zero-order valence-electron chi connectivity index (χ0n) is 20.6. The van der Waals surface area contributed by atoms with Crippen molar-refractivity contribution in [3.63, 3.8) is 0 Å². The van der Waals surface area contributed by atoms with E-state index in [-0.39, 0.29) is 11.7 Å². The molecule has 0 saturated carbocycles. The average Bonchev–Trinajstić information content (AvgIpc) is 2.85. The molecule has 1 aromatic carbocycles. The molecule has 0 spiro atoms. The molecule has 0 aliphatic carbocycles. The minimum atomic E-state index is -4.53. The van der Waals surface area contributed by atoms with Crippen LogP contribution in [0.25, 0.3) is 5.57 Å². The first-order valence-electron chi connectivity index (χ1n) is 11.7. The highest BCUT2D eigenvalue weighted by atomic mass is 19.4. The molecule has 1 atom stereocenters. The lowest BCUT2D eigenvalue weighted by atomic mass is 9.85. The van der Waals surface area contributed by atoms with Crippen LogP contribution in [0.5, 0.6) is 0 Å². The second-order valence-corrected chi connectivity index (χ2v) is 8.48. The summed E-state index contributed by atoms with van der Waals surface area (Å²) in [7, 11) is 0. The smallest absolute Gasteiger partial charge is 0.382 e. The van der Waals surface area contributed by atoms with Crippen molar-refractivity contribution in [1.82, 2.24) is 9.88 Å². The maximum Gasteiger partial charge on any atom is 0.416 e. The first-order chi connectivity index (χ1) is 17.1. The van der Waals surface area contributed by atoms with Gasteiger partial charge in [0, 0.05) is 30.4 Å². The van der Waals surface area contributed by atoms with E-state index in [1.54, 1.807) is 30.7 Å². The van der Waals surface area contributed by atoms with E-state index in [1.165, 1.54) is 0 Å². The predicted molar refractivity (Wildman–Crippen MR) is 137 cm³/mol. The number of alkyl halides is 3. The molecular weight excluding hydrogens is 467 g/mol. The Labute approximate surface area is 209 Å². The minimum Gasteiger partial charge on any atom is -0.382 e. The third-order valence-corrected chi connectivity index (χ3v) is 6.00. The van der Waals surface area contributed by atoms with Gasteiger partial charge in [0.15, 0.2) is 0 Å². The van der Waals surface area contributed by atoms with Crippen LogP contribution >= 0.6 is 0 Å². The number of nitrogens with zero attached hydrogens (tertiary/aromatic N) is 3. The Kier molecular flexibility index (Phi) is 8.34. The van der Waals surface area contributed by atoms with Crippen LogP contribution in [0.1, 0.15) is 60.7 Å². The molecule has 2 heterocycles. The fourth-order valence-corrected chi connectivity index (χ4v) is 4.05. The van der Waals surface area contributed by atoms with Gasteiger partial charge in [-0.3, -0.25) is 4.79 Å². The molecule has 0 fully saturated rings. The van der Waals surface area contributed by atoms with E-state index >= 15 is 0 Å². The molecule has 2 aromatic rings. The minimum absolute atomic E-state index is 0.118. The number of allylic oxidation sites excluding steroid dienone is 1. The number of hydrogen-bond acceptors (Lipinski definition) is 5. The van der Waals surface area contributed by atoms with E-state index in [4.69, 9.17) is 5.73 Å². The number of nitrogens with one attached hydrogen (secondary N) is 1. The summed E-state index contributed by atoms with van der Waals surface area (Å²) in [4.78, 5) is 22.9. The summed E-state index contributed by atoms with van der Waals surface area (Å²) in [5.41, 5.74) is 9.34. The summed E-state index contributed by atoms with van der Waals surface area (Å²) >= 11 is 0. The standard InChI is InChI=1S/C27H30F3N5O/c1-5-8-18-15-19(26(36)34-22-16-20(11-12-32-22)27(28,29)30)9-10-21(18)23(17(4)6-2)24-25(31)33-13-14-35(24)7-3/h7,9-17H,3,5-6,8H2,1-2,4H3,(H2,31,33)(H,32,34,36)/b24-23+. The normalized spacial score (nSPS) is 15.8. The summed E-state index contributed by atoms with van der Waals surface area (Å²) in [6.45, 7) is 10.1. The second kappa shape index (κ2) is 11.2. The number of pyridine rings is 1. The molecule has 1 unspecified atom stereocenters. The molecule has 36 heavy (non-hydrogen) atoms. The first kappa shape index (κ1) is 26.7. The molecule has 1 aliphatic rings. The van der Waals surface area contributed by atoms with E-state index in [0.717, 1.165) is 53.6 Å². The number of aliphatic imine (C=N–C) groups is 1. The van der Waals surface area contributed by atoms with Gasteiger partial charge in [-0.15, -0.1) is 0 Å². The number of amidine groups is 1. The summed E-state index contributed by atoms with van der Waals surface area (Å²) in [5, 5.41) is 2.48. The van der Waals surface area contributed by atoms with Crippen molar-refractivity contribution in [2.24, 2.45) is 16.6 Å². The Morgan fingerprint density at radius 3 is 2.64 bits per heavy atom. The van der Waals surface area contributed by atoms with E-state index in [9.17, 15) is 18.0 Å². The average molecular weight is 498 g/mol. The van der Waals surface area contributed by atoms with Crippen molar-refractivity contribution in [3.8, 4) is 0 Å². The highest BCUT2D eigenvalue weighted by Crippen LogP contribution is 2.35. The first-order valence-corrected chi connectivity index (χ1v) is 11.7. The lowest BCUT2D eigenvalue weighted by Crippen LogP contribution is -2.29. The molecular formula is C27H30F3N5O. The Bertz CT molecular complexity index is 1230. The third-order valence-electron chi connectivity index (χ3n) is 6.00. The quantitative estimate of drug-likeness (QED) is 0.445. The van der Waals surface area contributed by atoms with Crippen LogP contribution in [0, 0.1) is 5.92 Å². The van der Waals surface area contributed by atoms with Gasteiger partial charge >= 0.3 is 6.18 Å². The monoisotopic (exact) mass is 497 g/mol. The lowest BCUT2D eigenvalue weighted by molar-refractivity contribution is -0.137. The maximum atomic E-state index is 13.0.